The Balaban J connectivity index is 2.47. The predicted octanol–water partition coefficient (Wildman–Crippen LogP) is 5.47. The molecule has 3 aromatic rings. The molecule has 0 aliphatic rings. The fraction of sp³-hybridized carbons (Fsp3) is 0. The third-order valence-corrected chi connectivity index (χ3v) is 4.28. The molecule has 3 rings (SSSR count). The summed E-state index contributed by atoms with van der Waals surface area (Å²) in [6.45, 7) is 0. The molecule has 24 heavy (non-hydrogen) atoms. The zero-order valence-electron chi connectivity index (χ0n) is 12.4. The van der Waals surface area contributed by atoms with Gasteiger partial charge < -0.3 is 4.98 Å². The van der Waals surface area contributed by atoms with Crippen LogP contribution in [0.25, 0.3) is 22.4 Å². The molecule has 1 N–H and O–H groups in total. The topological polar surface area (TPSA) is 63.4 Å². The van der Waals surface area contributed by atoms with E-state index in [9.17, 15) is 10.5 Å². The van der Waals surface area contributed by atoms with Crippen LogP contribution in [0.3, 0.4) is 0 Å². The molecule has 1 heterocycles. The van der Waals surface area contributed by atoms with Crippen LogP contribution in [-0.4, -0.2) is 4.98 Å². The second-order valence-electron chi connectivity index (χ2n) is 5.02. The normalized spacial score (nSPS) is 9.96. The van der Waals surface area contributed by atoms with Crippen LogP contribution >= 0.6 is 23.8 Å². The average Bonchev–Trinajstić information content (AvgIpc) is 2.62. The Morgan fingerprint density at radius 2 is 1.50 bits per heavy atom. The van der Waals surface area contributed by atoms with Gasteiger partial charge in [-0.05, 0) is 11.6 Å². The molecule has 2 aromatic carbocycles. The smallest absolute Gasteiger partial charge is 0.122 e. The van der Waals surface area contributed by atoms with Crippen molar-refractivity contribution in [3.63, 3.8) is 0 Å². The molecule has 0 unspecified atom stereocenters. The Morgan fingerprint density at radius 1 is 0.875 bits per heavy atom. The summed E-state index contributed by atoms with van der Waals surface area (Å²) < 4.78 is 0.283. The van der Waals surface area contributed by atoms with E-state index in [1.807, 2.05) is 36.4 Å². The number of hydrogen-bond donors (Lipinski definition) is 1. The molecule has 0 saturated heterocycles. The van der Waals surface area contributed by atoms with Crippen LogP contribution in [0.15, 0.2) is 54.6 Å². The number of aromatic amines is 1. The second-order valence-corrected chi connectivity index (χ2v) is 5.84. The summed E-state index contributed by atoms with van der Waals surface area (Å²) >= 11 is 11.7. The lowest BCUT2D eigenvalue weighted by molar-refractivity contribution is 1.25. The molecule has 0 bridgehead atoms. The fourth-order valence-electron chi connectivity index (χ4n) is 2.58. The van der Waals surface area contributed by atoms with Crippen LogP contribution in [0, 0.1) is 27.3 Å². The Labute approximate surface area is 149 Å². The highest BCUT2D eigenvalue weighted by Crippen LogP contribution is 2.37. The minimum absolute atomic E-state index is 0.245. The van der Waals surface area contributed by atoms with E-state index in [2.05, 4.69) is 17.1 Å². The van der Waals surface area contributed by atoms with Gasteiger partial charge in [-0.15, -0.1) is 0 Å². The number of nitrogens with one attached hydrogen (secondary N) is 1. The molecule has 1 aromatic heterocycles. The Hall–Kier alpha value is -2.92. The molecule has 0 fully saturated rings. The van der Waals surface area contributed by atoms with E-state index in [0.29, 0.717) is 27.4 Å². The molecule has 0 saturated carbocycles. The summed E-state index contributed by atoms with van der Waals surface area (Å²) in [5, 5.41) is 19.8. The van der Waals surface area contributed by atoms with Crippen molar-refractivity contribution < 1.29 is 0 Å². The van der Waals surface area contributed by atoms with E-state index in [4.69, 9.17) is 23.8 Å². The van der Waals surface area contributed by atoms with Crippen LogP contribution in [-0.2, 0) is 0 Å². The van der Waals surface area contributed by atoms with Gasteiger partial charge in [0.15, 0.2) is 0 Å². The standard InChI is InChI=1S/C19H10ClN3S/c20-16-9-5-4-8-13(16)17-14(10-21)18(12-6-2-1-3-7-12)23-19(24)15(17)11-22/h1-9H,(H,23,24). The van der Waals surface area contributed by atoms with E-state index >= 15 is 0 Å². The van der Waals surface area contributed by atoms with Gasteiger partial charge >= 0.3 is 0 Å². The van der Waals surface area contributed by atoms with Gasteiger partial charge in [0.25, 0.3) is 0 Å². The van der Waals surface area contributed by atoms with Crippen molar-refractivity contribution in [3.05, 3.63) is 75.4 Å². The molecule has 114 valence electrons. The Kier molecular flexibility index (Phi) is 4.44. The summed E-state index contributed by atoms with van der Waals surface area (Å²) in [6, 6.07) is 20.8. The highest BCUT2D eigenvalue weighted by Gasteiger charge is 2.20. The van der Waals surface area contributed by atoms with Crippen molar-refractivity contribution in [3.8, 4) is 34.5 Å². The molecule has 0 radical (unpaired) electrons. The molecule has 0 amide bonds. The van der Waals surface area contributed by atoms with Gasteiger partial charge in [0.05, 0.1) is 16.8 Å². The first-order valence-corrected chi connectivity index (χ1v) is 7.86. The van der Waals surface area contributed by atoms with Gasteiger partial charge in [-0.3, -0.25) is 0 Å². The summed E-state index contributed by atoms with van der Waals surface area (Å²) in [5.41, 5.74) is 3.07. The first-order valence-electron chi connectivity index (χ1n) is 7.08. The van der Waals surface area contributed by atoms with Crippen LogP contribution < -0.4 is 0 Å². The van der Waals surface area contributed by atoms with Gasteiger partial charge in [-0.25, -0.2) is 0 Å². The third-order valence-electron chi connectivity index (χ3n) is 3.64. The van der Waals surface area contributed by atoms with Crippen molar-refractivity contribution in [1.29, 1.82) is 10.5 Å². The van der Waals surface area contributed by atoms with E-state index in [1.165, 1.54) is 0 Å². The maximum absolute atomic E-state index is 9.77. The Morgan fingerprint density at radius 3 is 2.12 bits per heavy atom. The van der Waals surface area contributed by atoms with Crippen LogP contribution in [0.1, 0.15) is 11.1 Å². The molecule has 0 aliphatic carbocycles. The minimum atomic E-state index is 0.245. The van der Waals surface area contributed by atoms with E-state index in [0.717, 1.165) is 5.56 Å². The highest BCUT2D eigenvalue weighted by molar-refractivity contribution is 7.71. The number of nitriles is 2. The van der Waals surface area contributed by atoms with Crippen molar-refractivity contribution >= 4 is 23.8 Å². The lowest BCUT2D eigenvalue weighted by atomic mass is 9.93. The van der Waals surface area contributed by atoms with Crippen molar-refractivity contribution in [2.24, 2.45) is 0 Å². The number of rotatable bonds is 2. The van der Waals surface area contributed by atoms with E-state index in [-0.39, 0.29) is 10.2 Å². The monoisotopic (exact) mass is 347 g/mol. The van der Waals surface area contributed by atoms with Crippen LogP contribution in [0.5, 0.6) is 0 Å². The number of hydrogen-bond acceptors (Lipinski definition) is 3. The van der Waals surface area contributed by atoms with Gasteiger partial charge in [-0.1, -0.05) is 72.3 Å². The summed E-state index contributed by atoms with van der Waals surface area (Å²) in [7, 11) is 0. The van der Waals surface area contributed by atoms with E-state index < -0.39 is 0 Å². The molecule has 0 aliphatic heterocycles. The first-order chi connectivity index (χ1) is 11.7. The lowest BCUT2D eigenvalue weighted by Crippen LogP contribution is -1.99. The molecule has 0 spiro atoms. The van der Waals surface area contributed by atoms with Gasteiger partial charge in [0, 0.05) is 16.1 Å². The van der Waals surface area contributed by atoms with Crippen LogP contribution in [0.2, 0.25) is 5.02 Å². The number of aromatic nitrogens is 1. The average molecular weight is 348 g/mol. The summed E-state index contributed by atoms with van der Waals surface area (Å²) in [6.07, 6.45) is 0. The van der Waals surface area contributed by atoms with Gasteiger partial charge in [0.1, 0.15) is 16.8 Å². The fourth-order valence-corrected chi connectivity index (χ4v) is 3.06. The van der Waals surface area contributed by atoms with E-state index in [1.54, 1.807) is 18.2 Å². The molecular formula is C19H10ClN3S. The van der Waals surface area contributed by atoms with Crippen molar-refractivity contribution in [2.75, 3.05) is 0 Å². The Bertz CT molecular complexity index is 1060. The third kappa shape index (κ3) is 2.70. The zero-order chi connectivity index (χ0) is 17.1. The SMILES string of the molecule is N#Cc1c(-c2ccccc2)[nH]c(=S)c(C#N)c1-c1ccccc1Cl. The summed E-state index contributed by atoms with van der Waals surface area (Å²) in [5.74, 6) is 0. The van der Waals surface area contributed by atoms with Crippen molar-refractivity contribution in [1.82, 2.24) is 4.98 Å². The predicted molar refractivity (Wildman–Crippen MR) is 96.9 cm³/mol. The van der Waals surface area contributed by atoms with Gasteiger partial charge in [-0.2, -0.15) is 10.5 Å². The molecule has 3 nitrogen and oxygen atoms in total. The second kappa shape index (κ2) is 6.68. The number of pyridine rings is 1. The number of benzene rings is 2. The number of halogens is 1. The maximum atomic E-state index is 9.77. The zero-order valence-corrected chi connectivity index (χ0v) is 13.9. The minimum Gasteiger partial charge on any atom is -0.344 e. The molecule has 0 atom stereocenters. The quantitative estimate of drug-likeness (QED) is 0.625. The highest BCUT2D eigenvalue weighted by atomic mass is 35.5. The van der Waals surface area contributed by atoms with Crippen molar-refractivity contribution in [2.45, 2.75) is 0 Å². The number of nitrogens with zero attached hydrogens (tertiary/aromatic N) is 2. The van der Waals surface area contributed by atoms with Crippen LogP contribution in [0.4, 0.5) is 0 Å². The molecule has 5 heteroatoms. The number of H-pyrrole nitrogens is 1. The lowest BCUT2D eigenvalue weighted by Gasteiger charge is -2.13. The molecular weight excluding hydrogens is 338 g/mol. The largest absolute Gasteiger partial charge is 0.344 e. The summed E-state index contributed by atoms with van der Waals surface area (Å²) in [4.78, 5) is 3.02. The first kappa shape index (κ1) is 16.0. The maximum Gasteiger partial charge on any atom is 0.122 e. The van der Waals surface area contributed by atoms with Gasteiger partial charge in [0.2, 0.25) is 0 Å².